The molecule has 0 fully saturated rings. The van der Waals surface area contributed by atoms with Gasteiger partial charge >= 0.3 is 0 Å². The molecule has 0 unspecified atom stereocenters. The summed E-state index contributed by atoms with van der Waals surface area (Å²) in [7, 11) is 0. The number of nitriles is 1. The summed E-state index contributed by atoms with van der Waals surface area (Å²) in [6.07, 6.45) is 10.3. The van der Waals surface area contributed by atoms with Crippen LogP contribution in [0.3, 0.4) is 0 Å². The topological polar surface area (TPSA) is 53.8 Å². The fourth-order valence-corrected chi connectivity index (χ4v) is 2.08. The molecule has 0 aliphatic rings. The van der Waals surface area contributed by atoms with E-state index in [1.54, 1.807) is 18.3 Å². The van der Waals surface area contributed by atoms with E-state index in [2.05, 4.69) is 11.6 Å². The molecule has 0 atom stereocenters. The summed E-state index contributed by atoms with van der Waals surface area (Å²) in [6.45, 7) is 3.72. The normalized spacial score (nSPS) is 11.2. The number of carbonyl (C=O) groups excluding carboxylic acids is 1. The average molecular weight is 284 g/mol. The number of aromatic nitrogens is 1. The van der Waals surface area contributed by atoms with Crippen molar-refractivity contribution in [2.24, 2.45) is 0 Å². The van der Waals surface area contributed by atoms with Crippen LogP contribution in [0.1, 0.15) is 19.3 Å². The van der Waals surface area contributed by atoms with E-state index in [1.165, 1.54) is 0 Å². The summed E-state index contributed by atoms with van der Waals surface area (Å²) in [4.78, 5) is 15.9. The zero-order valence-corrected chi connectivity index (χ0v) is 12.0. The molecule has 1 heterocycles. The molecule has 102 valence electrons. The van der Waals surface area contributed by atoms with Crippen molar-refractivity contribution in [3.63, 3.8) is 0 Å². The van der Waals surface area contributed by atoms with Gasteiger partial charge in [0.1, 0.15) is 5.03 Å². The zero-order valence-electron chi connectivity index (χ0n) is 11.2. The van der Waals surface area contributed by atoms with E-state index in [0.717, 1.165) is 22.4 Å². The number of hydrogen-bond donors (Lipinski definition) is 0. The predicted octanol–water partition coefficient (Wildman–Crippen LogP) is 4.06. The maximum atomic E-state index is 11.8. The van der Waals surface area contributed by atoms with Crippen molar-refractivity contribution >= 4 is 16.9 Å². The van der Waals surface area contributed by atoms with Crippen LogP contribution in [0.4, 0.5) is 0 Å². The third-order valence-corrected chi connectivity index (χ3v) is 3.27. The summed E-state index contributed by atoms with van der Waals surface area (Å²) in [6, 6.07) is 7.53. The van der Waals surface area contributed by atoms with Crippen LogP contribution in [0.25, 0.3) is 0 Å². The second-order valence-electron chi connectivity index (χ2n) is 3.88. The van der Waals surface area contributed by atoms with Crippen LogP contribution in [-0.4, -0.2) is 10.1 Å². The summed E-state index contributed by atoms with van der Waals surface area (Å²) in [5, 5.41) is 9.21. The van der Waals surface area contributed by atoms with Crippen LogP contribution in [0.2, 0.25) is 0 Å². The minimum Gasteiger partial charge on any atom is -0.287 e. The third kappa shape index (κ3) is 6.72. The summed E-state index contributed by atoms with van der Waals surface area (Å²) >= 11 is 1.16. The first-order chi connectivity index (χ1) is 9.76. The lowest BCUT2D eigenvalue weighted by Crippen LogP contribution is -1.93. The Balaban J connectivity index is 2.42. The Morgan fingerprint density at radius 1 is 1.45 bits per heavy atom. The average Bonchev–Trinajstić information content (AvgIpc) is 2.47. The highest BCUT2D eigenvalue weighted by Gasteiger charge is 2.05. The number of hydrogen-bond acceptors (Lipinski definition) is 4. The molecule has 0 saturated carbocycles. The predicted molar refractivity (Wildman–Crippen MR) is 82.0 cm³/mol. The molecule has 0 radical (unpaired) electrons. The molecule has 0 saturated heterocycles. The Hall–Kier alpha value is -2.12. The van der Waals surface area contributed by atoms with Gasteiger partial charge in [-0.25, -0.2) is 4.98 Å². The highest BCUT2D eigenvalue weighted by molar-refractivity contribution is 8.13. The van der Waals surface area contributed by atoms with E-state index in [4.69, 9.17) is 5.26 Å². The van der Waals surface area contributed by atoms with E-state index in [0.29, 0.717) is 19.3 Å². The van der Waals surface area contributed by atoms with E-state index >= 15 is 0 Å². The maximum absolute atomic E-state index is 11.8. The van der Waals surface area contributed by atoms with Crippen molar-refractivity contribution in [1.29, 1.82) is 5.26 Å². The Morgan fingerprint density at radius 3 is 2.95 bits per heavy atom. The number of carbonyl (C=O) groups is 1. The quantitative estimate of drug-likeness (QED) is 0.559. The first-order valence-electron chi connectivity index (χ1n) is 6.23. The van der Waals surface area contributed by atoms with Gasteiger partial charge in [0.25, 0.3) is 0 Å². The summed E-state index contributed by atoms with van der Waals surface area (Å²) in [5.41, 5.74) is 0.981. The zero-order chi connectivity index (χ0) is 14.6. The smallest absolute Gasteiger partial charge is 0.195 e. The molecule has 0 spiro atoms. The number of pyridine rings is 1. The van der Waals surface area contributed by atoms with Gasteiger partial charge in [-0.3, -0.25) is 4.79 Å². The highest BCUT2D eigenvalue weighted by Crippen LogP contribution is 2.19. The minimum atomic E-state index is 0.0810. The van der Waals surface area contributed by atoms with E-state index in [-0.39, 0.29) is 5.12 Å². The number of allylic oxidation sites excluding steroid dienone is 5. The molecule has 0 aliphatic heterocycles. The van der Waals surface area contributed by atoms with Gasteiger partial charge in [-0.05, 0) is 35.9 Å². The van der Waals surface area contributed by atoms with Crippen molar-refractivity contribution in [3.05, 3.63) is 60.9 Å². The van der Waals surface area contributed by atoms with Gasteiger partial charge in [-0.1, -0.05) is 36.9 Å². The largest absolute Gasteiger partial charge is 0.287 e. The molecule has 0 N–H and O–H groups in total. The van der Waals surface area contributed by atoms with Crippen molar-refractivity contribution in [2.45, 2.75) is 24.3 Å². The second kappa shape index (κ2) is 9.76. The van der Waals surface area contributed by atoms with Crippen LogP contribution >= 0.6 is 11.8 Å². The van der Waals surface area contributed by atoms with Crippen LogP contribution in [0, 0.1) is 11.3 Å². The van der Waals surface area contributed by atoms with Crippen molar-refractivity contribution in [2.75, 3.05) is 0 Å². The molecule has 0 aliphatic carbocycles. The molecule has 1 aromatic heterocycles. The first-order valence-corrected chi connectivity index (χ1v) is 7.04. The molecule has 20 heavy (non-hydrogen) atoms. The van der Waals surface area contributed by atoms with Crippen LogP contribution < -0.4 is 0 Å². The van der Waals surface area contributed by atoms with Gasteiger partial charge < -0.3 is 0 Å². The molecular formula is C16H16N2OS. The van der Waals surface area contributed by atoms with E-state index in [1.807, 2.05) is 36.4 Å². The second-order valence-corrected chi connectivity index (χ2v) is 4.96. The van der Waals surface area contributed by atoms with E-state index < -0.39 is 0 Å². The minimum absolute atomic E-state index is 0.0810. The van der Waals surface area contributed by atoms with Crippen LogP contribution in [-0.2, 0) is 4.79 Å². The fraction of sp³-hybridized carbons (Fsp3) is 0.188. The van der Waals surface area contributed by atoms with Gasteiger partial charge in [0, 0.05) is 12.6 Å². The fourth-order valence-electron chi connectivity index (χ4n) is 1.39. The van der Waals surface area contributed by atoms with Gasteiger partial charge in [-0.2, -0.15) is 5.26 Å². The standard InChI is InChI=1S/C16H16N2OS/c1-2-14(8-4-3-6-12-17)10-11-16(19)20-15-9-5-7-13-18-15/h2-5,7-9,13H,1,6,10-11H2/b4-3-,14-8+. The first kappa shape index (κ1) is 15.9. The number of thioether (sulfide) groups is 1. The Morgan fingerprint density at radius 2 is 2.30 bits per heavy atom. The molecule has 1 aromatic rings. The Kier molecular flexibility index (Phi) is 7.78. The molecule has 3 nitrogen and oxygen atoms in total. The monoisotopic (exact) mass is 284 g/mol. The van der Waals surface area contributed by atoms with Gasteiger partial charge in [0.2, 0.25) is 0 Å². The van der Waals surface area contributed by atoms with Crippen molar-refractivity contribution in [3.8, 4) is 6.07 Å². The molecule has 0 amide bonds. The van der Waals surface area contributed by atoms with Crippen molar-refractivity contribution in [1.82, 2.24) is 4.98 Å². The van der Waals surface area contributed by atoms with Gasteiger partial charge in [0.15, 0.2) is 5.12 Å². The van der Waals surface area contributed by atoms with Gasteiger partial charge in [-0.15, -0.1) is 0 Å². The molecule has 0 bridgehead atoms. The lowest BCUT2D eigenvalue weighted by atomic mass is 10.1. The highest BCUT2D eigenvalue weighted by atomic mass is 32.2. The third-order valence-electron chi connectivity index (χ3n) is 2.39. The summed E-state index contributed by atoms with van der Waals surface area (Å²) in [5.74, 6) is 0. The SMILES string of the molecule is C=C/C(=C\C=C/CC#N)CCC(=O)Sc1ccccn1. The lowest BCUT2D eigenvalue weighted by Gasteiger charge is -2.01. The van der Waals surface area contributed by atoms with E-state index in [9.17, 15) is 4.79 Å². The summed E-state index contributed by atoms with van der Waals surface area (Å²) < 4.78 is 0. The van der Waals surface area contributed by atoms with Crippen LogP contribution in [0.15, 0.2) is 65.9 Å². The number of nitrogens with zero attached hydrogens (tertiary/aromatic N) is 2. The lowest BCUT2D eigenvalue weighted by molar-refractivity contribution is -0.110. The molecule has 0 aromatic carbocycles. The molecule has 4 heteroatoms. The molecule has 1 rings (SSSR count). The van der Waals surface area contributed by atoms with Gasteiger partial charge in [0.05, 0.1) is 12.5 Å². The van der Waals surface area contributed by atoms with Crippen molar-refractivity contribution < 1.29 is 4.79 Å². The maximum Gasteiger partial charge on any atom is 0.195 e. The molecular weight excluding hydrogens is 268 g/mol. The Bertz CT molecular complexity index is 541. The Labute approximate surface area is 123 Å². The number of rotatable bonds is 7. The van der Waals surface area contributed by atoms with Crippen LogP contribution in [0.5, 0.6) is 0 Å².